The molecule has 3 nitrogen and oxygen atoms in total. The second kappa shape index (κ2) is 10.9. The number of nitrogens with zero attached hydrogens (tertiary/aromatic N) is 2. The minimum Gasteiger partial charge on any atom is -0.489 e. The van der Waals surface area contributed by atoms with Gasteiger partial charge in [0.25, 0.3) is 0 Å². The summed E-state index contributed by atoms with van der Waals surface area (Å²) < 4.78 is 6.23. The van der Waals surface area contributed by atoms with Crippen LogP contribution >= 0.6 is 35.0 Å². The summed E-state index contributed by atoms with van der Waals surface area (Å²) in [5.41, 5.74) is 6.73. The van der Waals surface area contributed by atoms with E-state index in [1.807, 2.05) is 30.0 Å². The Labute approximate surface area is 264 Å². The number of benzene rings is 3. The van der Waals surface area contributed by atoms with Crippen LogP contribution in [-0.2, 0) is 17.8 Å². The number of aryl methyl sites for hydroxylation is 1. The van der Waals surface area contributed by atoms with E-state index in [4.69, 9.17) is 34.5 Å². The maximum absolute atomic E-state index is 6.40. The predicted molar refractivity (Wildman–Crippen MR) is 175 cm³/mol. The molecule has 4 aliphatic rings. The molecule has 0 amide bonds. The second-order valence-corrected chi connectivity index (χ2v) is 15.0. The molecule has 0 bridgehead atoms. The summed E-state index contributed by atoms with van der Waals surface area (Å²) in [7, 11) is 0. The lowest BCUT2D eigenvalue weighted by Gasteiger charge is -2.61. The fourth-order valence-corrected chi connectivity index (χ4v) is 10.0. The van der Waals surface area contributed by atoms with Gasteiger partial charge in [-0.3, -0.25) is 0 Å². The van der Waals surface area contributed by atoms with Gasteiger partial charge in [-0.25, -0.2) is 0 Å². The smallest absolute Gasteiger partial charge is 0.120 e. The third-order valence-corrected chi connectivity index (χ3v) is 12.4. The van der Waals surface area contributed by atoms with E-state index in [0.717, 1.165) is 37.1 Å². The van der Waals surface area contributed by atoms with Crippen molar-refractivity contribution >= 4 is 35.0 Å². The Hall–Kier alpha value is -2.53. The highest BCUT2D eigenvalue weighted by atomic mass is 35.5. The van der Waals surface area contributed by atoms with E-state index < -0.39 is 0 Å². The zero-order valence-corrected chi connectivity index (χ0v) is 26.6. The van der Waals surface area contributed by atoms with Crippen LogP contribution in [0.5, 0.6) is 5.75 Å². The monoisotopic (exact) mass is 616 g/mol. The topological polar surface area (TPSA) is 15.7 Å². The van der Waals surface area contributed by atoms with Gasteiger partial charge < -0.3 is 14.5 Å². The number of halogens is 2. The van der Waals surface area contributed by atoms with Crippen molar-refractivity contribution in [3.63, 3.8) is 0 Å². The molecule has 2 aliphatic carbocycles. The number of ether oxygens (including phenoxy) is 1. The number of hydrogen-bond donors (Lipinski definition) is 0. The van der Waals surface area contributed by atoms with Gasteiger partial charge in [0, 0.05) is 63.0 Å². The largest absolute Gasteiger partial charge is 0.489 e. The van der Waals surface area contributed by atoms with Crippen molar-refractivity contribution in [2.45, 2.75) is 61.3 Å². The van der Waals surface area contributed by atoms with Crippen molar-refractivity contribution in [3.8, 4) is 5.75 Å². The Bertz CT molecular complexity index is 1510. The van der Waals surface area contributed by atoms with E-state index in [1.54, 1.807) is 0 Å². The molecule has 6 heteroatoms. The molecule has 1 saturated carbocycles. The first-order chi connectivity index (χ1) is 20.3. The summed E-state index contributed by atoms with van der Waals surface area (Å²) in [6, 6.07) is 23.6. The summed E-state index contributed by atoms with van der Waals surface area (Å²) in [6.07, 6.45) is 5.80. The molecule has 3 aromatic rings. The molecule has 0 radical (unpaired) electrons. The third-order valence-electron chi connectivity index (χ3n) is 10.1. The molecule has 2 heterocycles. The molecule has 3 fully saturated rings. The molecular weight excluding hydrogens is 579 g/mol. The number of likely N-dealkylation sites (tertiary alicyclic amines) is 2. The van der Waals surface area contributed by atoms with Crippen LogP contribution in [0.2, 0.25) is 10.0 Å². The zero-order valence-electron chi connectivity index (χ0n) is 24.3. The normalized spacial score (nSPS) is 24.0. The second-order valence-electron chi connectivity index (χ2n) is 12.8. The van der Waals surface area contributed by atoms with E-state index >= 15 is 0 Å². The molecular formula is C36H38Cl2N2OS. The van der Waals surface area contributed by atoms with Gasteiger partial charge in [-0.05, 0) is 92.5 Å². The van der Waals surface area contributed by atoms with Crippen LogP contribution in [0.1, 0.15) is 49.3 Å². The van der Waals surface area contributed by atoms with Crippen molar-refractivity contribution in [2.24, 2.45) is 11.3 Å². The molecule has 0 aromatic heterocycles. The van der Waals surface area contributed by atoms with Crippen LogP contribution < -0.4 is 4.74 Å². The number of allylic oxidation sites excluding steroid dienone is 2. The van der Waals surface area contributed by atoms with Crippen LogP contribution in [0.15, 0.2) is 96.2 Å². The van der Waals surface area contributed by atoms with E-state index in [-0.39, 0.29) is 4.75 Å². The third kappa shape index (κ3) is 4.84. The van der Waals surface area contributed by atoms with Crippen molar-refractivity contribution in [2.75, 3.05) is 19.6 Å². The number of fused-ring (bicyclic) bond motifs is 3. The molecule has 2 aliphatic heterocycles. The zero-order chi connectivity index (χ0) is 29.1. The Balaban J connectivity index is 1.13. The van der Waals surface area contributed by atoms with Crippen molar-refractivity contribution in [1.29, 1.82) is 0 Å². The van der Waals surface area contributed by atoms with Crippen LogP contribution in [0.4, 0.5) is 0 Å². The highest BCUT2D eigenvalue weighted by molar-refractivity contribution is 8.00. The van der Waals surface area contributed by atoms with Gasteiger partial charge in [0.05, 0.1) is 4.75 Å². The highest BCUT2D eigenvalue weighted by Gasteiger charge is 2.57. The molecule has 0 N–H and O–H groups in total. The minimum absolute atomic E-state index is 0.0168. The van der Waals surface area contributed by atoms with Gasteiger partial charge >= 0.3 is 0 Å². The van der Waals surface area contributed by atoms with E-state index in [0.29, 0.717) is 34.0 Å². The average molecular weight is 618 g/mol. The first kappa shape index (κ1) is 28.3. The molecule has 218 valence electrons. The van der Waals surface area contributed by atoms with Crippen molar-refractivity contribution < 1.29 is 4.74 Å². The number of hydrogen-bond acceptors (Lipinski definition) is 4. The standard InChI is InChI=1S/C36H38Cl2N2OS/c1-24(2)39-22-35(23-39)19-27(20-35)25(3)40-17-16-36(42-29-8-5-4-6-9-29)31-14-13-28(18-26(31)12-15-34(36)40)41-21-30-32(37)10-7-11-33(30)38/h4-11,13-14,18,27,34H,1,3,12,15-17,19-23H2,2H3. The van der Waals surface area contributed by atoms with Gasteiger partial charge in [0.1, 0.15) is 12.4 Å². The predicted octanol–water partition coefficient (Wildman–Crippen LogP) is 9.34. The molecule has 2 unspecified atom stereocenters. The van der Waals surface area contributed by atoms with Gasteiger partial charge in [-0.1, -0.05) is 66.7 Å². The lowest BCUT2D eigenvalue weighted by atomic mass is 9.56. The Morgan fingerprint density at radius 2 is 1.74 bits per heavy atom. The number of thioether (sulfide) groups is 1. The molecule has 2 saturated heterocycles. The lowest BCUT2D eigenvalue weighted by Crippen LogP contribution is -2.62. The summed E-state index contributed by atoms with van der Waals surface area (Å²) in [4.78, 5) is 6.46. The average Bonchev–Trinajstić information content (AvgIpc) is 3.30. The van der Waals surface area contributed by atoms with Crippen molar-refractivity contribution in [1.82, 2.24) is 9.80 Å². The quantitative estimate of drug-likeness (QED) is 0.250. The van der Waals surface area contributed by atoms with Gasteiger partial charge in [-0.2, -0.15) is 0 Å². The summed E-state index contributed by atoms with van der Waals surface area (Å²) in [6.45, 7) is 14.8. The summed E-state index contributed by atoms with van der Waals surface area (Å²) >= 11 is 14.9. The first-order valence-electron chi connectivity index (χ1n) is 15.1. The fourth-order valence-electron chi connectivity index (χ4n) is 7.93. The number of rotatable bonds is 8. The molecule has 7 rings (SSSR count). The molecule has 2 atom stereocenters. The fraction of sp³-hybridized carbons (Fsp3) is 0.389. The van der Waals surface area contributed by atoms with Crippen molar-refractivity contribution in [3.05, 3.63) is 118 Å². The first-order valence-corrected chi connectivity index (χ1v) is 16.6. The van der Waals surface area contributed by atoms with Gasteiger partial charge in [0.2, 0.25) is 0 Å². The van der Waals surface area contributed by atoms with Gasteiger partial charge in [0.15, 0.2) is 0 Å². The summed E-state index contributed by atoms with van der Waals surface area (Å²) in [5, 5.41) is 1.27. The van der Waals surface area contributed by atoms with Crippen LogP contribution in [0, 0.1) is 11.3 Å². The SMILES string of the molecule is C=C(C)N1CC2(CC(C(=C)N3CCC4(Sc5ccccc5)c5ccc(OCc6c(Cl)cccc6Cl)cc5CCC34)C2)C1. The molecule has 3 aromatic carbocycles. The highest BCUT2D eigenvalue weighted by Crippen LogP contribution is 2.60. The Morgan fingerprint density at radius 3 is 2.45 bits per heavy atom. The summed E-state index contributed by atoms with van der Waals surface area (Å²) in [5.74, 6) is 1.47. The van der Waals surface area contributed by atoms with E-state index in [2.05, 4.69) is 71.8 Å². The molecule has 1 spiro atoms. The Morgan fingerprint density at radius 1 is 1.00 bits per heavy atom. The minimum atomic E-state index is -0.0168. The van der Waals surface area contributed by atoms with Crippen LogP contribution in [0.3, 0.4) is 0 Å². The van der Waals surface area contributed by atoms with Gasteiger partial charge in [-0.15, -0.1) is 11.8 Å². The van der Waals surface area contributed by atoms with E-state index in [1.165, 1.54) is 53.3 Å². The lowest BCUT2D eigenvalue weighted by molar-refractivity contribution is -0.0726. The van der Waals surface area contributed by atoms with Crippen LogP contribution in [0.25, 0.3) is 0 Å². The van der Waals surface area contributed by atoms with Crippen LogP contribution in [-0.4, -0.2) is 35.5 Å². The van der Waals surface area contributed by atoms with E-state index in [9.17, 15) is 0 Å². The maximum atomic E-state index is 6.40. The maximum Gasteiger partial charge on any atom is 0.120 e. The molecule has 42 heavy (non-hydrogen) atoms. The Kier molecular flexibility index (Phi) is 7.32.